The van der Waals surface area contributed by atoms with Crippen molar-refractivity contribution >= 4 is 35.0 Å². The Morgan fingerprint density at radius 3 is 1.16 bits per heavy atom. The second-order valence-corrected chi connectivity index (χ2v) is 12.5. The first-order valence-electron chi connectivity index (χ1n) is 16.2. The number of rotatable bonds is 8. The summed E-state index contributed by atoms with van der Waals surface area (Å²) in [5, 5.41) is 3.58. The van der Waals surface area contributed by atoms with E-state index in [4.69, 9.17) is 18.9 Å². The molecule has 8 rings (SSSR count). The summed E-state index contributed by atoms with van der Waals surface area (Å²) in [6.07, 6.45) is 0. The Labute approximate surface area is 288 Å². The molecule has 254 valence electrons. The van der Waals surface area contributed by atoms with Crippen molar-refractivity contribution in [2.24, 2.45) is 11.8 Å². The number of hydrazine groups is 1. The molecule has 4 aromatic rings. The normalized spacial score (nSPS) is 25.9. The summed E-state index contributed by atoms with van der Waals surface area (Å²) < 4.78 is 22.7. The molecule has 0 spiro atoms. The number of carbonyl (C=O) groups is 4. The minimum atomic E-state index is -1.06. The summed E-state index contributed by atoms with van der Waals surface area (Å²) in [5.74, 6) is -1.81. The van der Waals surface area contributed by atoms with Crippen LogP contribution in [0, 0.1) is 11.8 Å². The van der Waals surface area contributed by atoms with Crippen LogP contribution in [-0.4, -0.2) is 74.2 Å². The third-order valence-corrected chi connectivity index (χ3v) is 10.3. The molecule has 12 nitrogen and oxygen atoms in total. The van der Waals surface area contributed by atoms with Gasteiger partial charge in [-0.25, -0.2) is 19.8 Å². The SMILES string of the molecule is COc1ccc([C@@H]2[C@@H]3C(=O)N(c4ccccc4)C(=O)[C@@H]3N3[C@H](c4ccc(OC)cc4OC)[C@@H]4C(=O)N(c5ccccc5)C(=O)[C@@H]4N23)c(OC)c1. The molecule has 4 saturated heterocycles. The van der Waals surface area contributed by atoms with Crippen LogP contribution in [0.25, 0.3) is 0 Å². The summed E-state index contributed by atoms with van der Waals surface area (Å²) in [7, 11) is 6.11. The smallest absolute Gasteiger partial charge is 0.253 e. The maximum atomic E-state index is 14.7. The third kappa shape index (κ3) is 4.38. The Morgan fingerprint density at radius 2 is 0.820 bits per heavy atom. The van der Waals surface area contributed by atoms with E-state index in [-0.39, 0.29) is 0 Å². The number of benzene rings is 4. The van der Waals surface area contributed by atoms with Gasteiger partial charge in [0.05, 0.1) is 63.7 Å². The van der Waals surface area contributed by atoms with Crippen LogP contribution in [0.2, 0.25) is 0 Å². The molecular formula is C38H34N4O8. The number of ether oxygens (including phenoxy) is 4. The van der Waals surface area contributed by atoms with Gasteiger partial charge in [-0.2, -0.15) is 0 Å². The summed E-state index contributed by atoms with van der Waals surface area (Å²) >= 11 is 0. The van der Waals surface area contributed by atoms with E-state index in [2.05, 4.69) is 0 Å². The molecule has 50 heavy (non-hydrogen) atoms. The van der Waals surface area contributed by atoms with Crippen LogP contribution in [0.4, 0.5) is 11.4 Å². The first-order chi connectivity index (χ1) is 24.3. The van der Waals surface area contributed by atoms with Crippen LogP contribution in [0.5, 0.6) is 23.0 Å². The highest BCUT2D eigenvalue weighted by Crippen LogP contribution is 2.61. The quantitative estimate of drug-likeness (QED) is 0.252. The van der Waals surface area contributed by atoms with E-state index in [1.165, 1.54) is 38.2 Å². The highest BCUT2D eigenvalue weighted by Gasteiger charge is 2.74. The minimum Gasteiger partial charge on any atom is -0.497 e. The Balaban J connectivity index is 1.38. The Morgan fingerprint density at radius 1 is 0.440 bits per heavy atom. The number of carbonyl (C=O) groups excluding carboxylic acids is 4. The number of imide groups is 2. The van der Waals surface area contributed by atoms with E-state index >= 15 is 0 Å². The average molecular weight is 675 g/mol. The Hall–Kier alpha value is -5.72. The molecule has 0 bridgehead atoms. The predicted octanol–water partition coefficient (Wildman–Crippen LogP) is 4.17. The van der Waals surface area contributed by atoms with Gasteiger partial charge in [-0.3, -0.25) is 19.2 Å². The standard InChI is InChI=1S/C38H34N4O8/c1-47-23-15-17-25(27(19-23)49-3)31-29-33(37(45)39(35(29)43)21-11-7-5-8-12-21)42-32(26-18-16-24(48-2)20-28(26)50-4)30-34(41(31)42)38(46)40(36(30)44)22-13-9-6-10-14-22/h5-20,29-34H,1-4H3/t29-,30-,31+,32+,33+,34+/m0/s1. The maximum Gasteiger partial charge on any atom is 0.253 e. The van der Waals surface area contributed by atoms with E-state index < -0.39 is 59.6 Å². The fourth-order valence-corrected chi connectivity index (χ4v) is 8.24. The molecule has 4 heterocycles. The summed E-state index contributed by atoms with van der Waals surface area (Å²) in [4.78, 5) is 61.3. The fourth-order valence-electron chi connectivity index (χ4n) is 8.24. The zero-order valence-electron chi connectivity index (χ0n) is 27.8. The third-order valence-electron chi connectivity index (χ3n) is 10.3. The fraction of sp³-hybridized carbons (Fsp3) is 0.263. The second kappa shape index (κ2) is 12.0. The van der Waals surface area contributed by atoms with E-state index in [1.807, 2.05) is 12.1 Å². The van der Waals surface area contributed by atoms with E-state index in [9.17, 15) is 19.2 Å². The van der Waals surface area contributed by atoms with Gasteiger partial charge < -0.3 is 18.9 Å². The molecular weight excluding hydrogens is 640 g/mol. The molecule has 4 aliphatic rings. The van der Waals surface area contributed by atoms with Crippen molar-refractivity contribution in [3.05, 3.63) is 108 Å². The van der Waals surface area contributed by atoms with Crippen molar-refractivity contribution in [3.8, 4) is 23.0 Å². The van der Waals surface area contributed by atoms with Crippen molar-refractivity contribution in [2.75, 3.05) is 38.2 Å². The molecule has 4 fully saturated rings. The van der Waals surface area contributed by atoms with Crippen molar-refractivity contribution in [2.45, 2.75) is 24.2 Å². The summed E-state index contributed by atoms with van der Waals surface area (Å²) in [6, 6.07) is 24.2. The lowest BCUT2D eigenvalue weighted by atomic mass is 9.83. The minimum absolute atomic E-state index is 0.409. The van der Waals surface area contributed by atoms with Crippen LogP contribution in [0.15, 0.2) is 97.1 Å². The largest absolute Gasteiger partial charge is 0.497 e. The van der Waals surface area contributed by atoms with Crippen LogP contribution in [-0.2, 0) is 19.2 Å². The maximum absolute atomic E-state index is 14.7. The Kier molecular flexibility index (Phi) is 7.57. The molecule has 0 aliphatic carbocycles. The number of amides is 4. The molecule has 4 amide bonds. The second-order valence-electron chi connectivity index (χ2n) is 12.5. The number of para-hydroxylation sites is 2. The van der Waals surface area contributed by atoms with Crippen LogP contribution >= 0.6 is 0 Å². The topological polar surface area (TPSA) is 118 Å². The van der Waals surface area contributed by atoms with Gasteiger partial charge >= 0.3 is 0 Å². The van der Waals surface area contributed by atoms with Crippen molar-refractivity contribution in [3.63, 3.8) is 0 Å². The molecule has 0 aromatic heterocycles. The van der Waals surface area contributed by atoms with Gasteiger partial charge in [0.1, 0.15) is 35.1 Å². The zero-order valence-corrected chi connectivity index (χ0v) is 27.8. The summed E-state index contributed by atoms with van der Waals surface area (Å²) in [5.41, 5.74) is 2.01. The first kappa shape index (κ1) is 31.5. The number of nitrogens with zero attached hydrogens (tertiary/aromatic N) is 4. The average Bonchev–Trinajstić information content (AvgIpc) is 3.82. The van der Waals surface area contributed by atoms with Gasteiger partial charge in [0.15, 0.2) is 0 Å². The zero-order chi connectivity index (χ0) is 34.8. The number of anilines is 2. The lowest BCUT2D eigenvalue weighted by molar-refractivity contribution is -0.136. The molecule has 0 N–H and O–H groups in total. The molecule has 4 aromatic carbocycles. The van der Waals surface area contributed by atoms with Gasteiger partial charge in [0.2, 0.25) is 11.8 Å². The number of hydrogen-bond donors (Lipinski definition) is 0. The molecule has 0 unspecified atom stereocenters. The molecule has 0 saturated carbocycles. The molecule has 4 aliphatic heterocycles. The van der Waals surface area contributed by atoms with Gasteiger partial charge in [0.25, 0.3) is 11.8 Å². The van der Waals surface area contributed by atoms with Crippen molar-refractivity contribution in [1.29, 1.82) is 0 Å². The van der Waals surface area contributed by atoms with Crippen molar-refractivity contribution < 1.29 is 38.1 Å². The monoisotopic (exact) mass is 674 g/mol. The van der Waals surface area contributed by atoms with Crippen molar-refractivity contribution in [1.82, 2.24) is 10.0 Å². The molecule has 6 atom stereocenters. The van der Waals surface area contributed by atoms with Gasteiger partial charge in [-0.15, -0.1) is 0 Å². The lowest BCUT2D eigenvalue weighted by Gasteiger charge is -2.36. The van der Waals surface area contributed by atoms with Gasteiger partial charge in [-0.05, 0) is 48.5 Å². The number of fused-ring (bicyclic) bond motifs is 5. The lowest BCUT2D eigenvalue weighted by Crippen LogP contribution is -2.50. The van der Waals surface area contributed by atoms with Crippen LogP contribution < -0.4 is 28.7 Å². The van der Waals surface area contributed by atoms with Gasteiger partial charge in [-0.1, -0.05) is 36.4 Å². The highest BCUT2D eigenvalue weighted by atomic mass is 16.5. The predicted molar refractivity (Wildman–Crippen MR) is 181 cm³/mol. The first-order valence-corrected chi connectivity index (χ1v) is 16.2. The highest BCUT2D eigenvalue weighted by molar-refractivity contribution is 6.26. The van der Waals surface area contributed by atoms with Gasteiger partial charge in [0, 0.05) is 23.3 Å². The Bertz CT molecular complexity index is 1880. The van der Waals surface area contributed by atoms with E-state index in [1.54, 1.807) is 94.9 Å². The number of methoxy groups -OCH3 is 4. The van der Waals surface area contributed by atoms with Crippen LogP contribution in [0.1, 0.15) is 23.2 Å². The molecule has 12 heteroatoms. The van der Waals surface area contributed by atoms with E-state index in [0.717, 1.165) is 0 Å². The van der Waals surface area contributed by atoms with Crippen LogP contribution in [0.3, 0.4) is 0 Å². The number of hydrogen-bond acceptors (Lipinski definition) is 10. The molecule has 0 radical (unpaired) electrons. The van der Waals surface area contributed by atoms with E-state index in [0.29, 0.717) is 45.5 Å². The summed E-state index contributed by atoms with van der Waals surface area (Å²) in [6.45, 7) is 0.